The first-order valence-corrected chi connectivity index (χ1v) is 8.53. The number of nitrogens with zero attached hydrogens (tertiary/aromatic N) is 1. The van der Waals surface area contributed by atoms with Gasteiger partial charge in [-0.05, 0) is 37.8 Å². The first-order chi connectivity index (χ1) is 11.2. The third kappa shape index (κ3) is 3.65. The van der Waals surface area contributed by atoms with E-state index in [-0.39, 0.29) is 29.3 Å². The SMILES string of the molecule is O=C(c1ccccc1OC(F)F)N(C1CCCC1)C1CCCC1. The van der Waals surface area contributed by atoms with E-state index in [0.717, 1.165) is 51.4 Å². The molecule has 0 aliphatic heterocycles. The van der Waals surface area contributed by atoms with Gasteiger partial charge in [-0.2, -0.15) is 8.78 Å². The first kappa shape index (κ1) is 16.2. The minimum absolute atomic E-state index is 0.0199. The van der Waals surface area contributed by atoms with Crippen LogP contribution in [0.25, 0.3) is 0 Å². The highest BCUT2D eigenvalue weighted by Crippen LogP contribution is 2.34. The fourth-order valence-electron chi connectivity index (χ4n) is 3.98. The molecule has 5 heteroatoms. The fraction of sp³-hybridized carbons (Fsp3) is 0.611. The zero-order chi connectivity index (χ0) is 16.2. The number of halogens is 2. The lowest BCUT2D eigenvalue weighted by Crippen LogP contribution is -2.45. The Bertz CT molecular complexity index is 522. The standard InChI is InChI=1S/C18H23F2NO2/c19-18(20)23-16-12-6-5-11-15(16)17(22)21(13-7-1-2-8-13)14-9-3-4-10-14/h5-6,11-14,18H,1-4,7-10H2. The fourth-order valence-corrected chi connectivity index (χ4v) is 3.98. The number of carbonyl (C=O) groups is 1. The van der Waals surface area contributed by atoms with Gasteiger partial charge >= 0.3 is 6.61 Å². The molecule has 0 radical (unpaired) electrons. The van der Waals surface area contributed by atoms with Crippen molar-refractivity contribution in [3.05, 3.63) is 29.8 Å². The van der Waals surface area contributed by atoms with Crippen LogP contribution < -0.4 is 4.74 Å². The molecule has 0 N–H and O–H groups in total. The molecule has 2 fully saturated rings. The summed E-state index contributed by atoms with van der Waals surface area (Å²) in [5.74, 6) is -0.173. The smallest absolute Gasteiger partial charge is 0.387 e. The van der Waals surface area contributed by atoms with E-state index < -0.39 is 6.61 Å². The third-order valence-corrected chi connectivity index (χ3v) is 5.00. The van der Waals surface area contributed by atoms with Crippen LogP contribution >= 0.6 is 0 Å². The van der Waals surface area contributed by atoms with Crippen LogP contribution in [0, 0.1) is 0 Å². The van der Waals surface area contributed by atoms with Gasteiger partial charge < -0.3 is 9.64 Å². The van der Waals surface area contributed by atoms with Gasteiger partial charge in [0.1, 0.15) is 5.75 Å². The molecule has 0 atom stereocenters. The zero-order valence-corrected chi connectivity index (χ0v) is 13.2. The number of carbonyl (C=O) groups excluding carboxylic acids is 1. The number of ether oxygens (including phenoxy) is 1. The number of hydrogen-bond donors (Lipinski definition) is 0. The van der Waals surface area contributed by atoms with Crippen molar-refractivity contribution in [1.29, 1.82) is 0 Å². The Morgan fingerprint density at radius 2 is 1.52 bits per heavy atom. The molecule has 23 heavy (non-hydrogen) atoms. The van der Waals surface area contributed by atoms with Gasteiger partial charge in [0.15, 0.2) is 0 Å². The second-order valence-electron chi connectivity index (χ2n) is 6.46. The molecule has 0 spiro atoms. The molecule has 2 saturated carbocycles. The topological polar surface area (TPSA) is 29.5 Å². The van der Waals surface area contributed by atoms with Gasteiger partial charge in [-0.25, -0.2) is 0 Å². The Kier molecular flexibility index (Phi) is 5.13. The van der Waals surface area contributed by atoms with Crippen LogP contribution in [0.1, 0.15) is 61.7 Å². The summed E-state index contributed by atoms with van der Waals surface area (Å²) in [6, 6.07) is 6.84. The minimum Gasteiger partial charge on any atom is -0.434 e. The van der Waals surface area contributed by atoms with Crippen LogP contribution in [0.4, 0.5) is 8.78 Å². The van der Waals surface area contributed by atoms with Crippen molar-refractivity contribution in [2.24, 2.45) is 0 Å². The molecule has 1 aromatic carbocycles. The molecule has 2 aliphatic rings. The summed E-state index contributed by atoms with van der Waals surface area (Å²) in [6.45, 7) is -2.92. The van der Waals surface area contributed by atoms with Crippen molar-refractivity contribution in [2.45, 2.75) is 70.1 Å². The summed E-state index contributed by atoms with van der Waals surface area (Å²) >= 11 is 0. The van der Waals surface area contributed by atoms with E-state index in [1.807, 2.05) is 4.90 Å². The van der Waals surface area contributed by atoms with E-state index >= 15 is 0 Å². The molecule has 0 unspecified atom stereocenters. The lowest BCUT2D eigenvalue weighted by molar-refractivity contribution is -0.0503. The maximum absolute atomic E-state index is 13.1. The minimum atomic E-state index is -2.92. The molecule has 126 valence electrons. The van der Waals surface area contributed by atoms with Crippen LogP contribution in [0.3, 0.4) is 0 Å². The van der Waals surface area contributed by atoms with E-state index in [0.29, 0.717) is 0 Å². The van der Waals surface area contributed by atoms with Crippen LogP contribution in [-0.2, 0) is 0 Å². The van der Waals surface area contributed by atoms with Gasteiger partial charge in [0.25, 0.3) is 5.91 Å². The highest BCUT2D eigenvalue weighted by Gasteiger charge is 2.35. The summed E-state index contributed by atoms with van der Waals surface area (Å²) in [5.41, 5.74) is 0.256. The Morgan fingerprint density at radius 1 is 1.00 bits per heavy atom. The van der Waals surface area contributed by atoms with Crippen LogP contribution in [-0.4, -0.2) is 29.5 Å². The lowest BCUT2D eigenvalue weighted by atomic mass is 10.1. The predicted molar refractivity (Wildman–Crippen MR) is 83.8 cm³/mol. The number of benzene rings is 1. The molecule has 3 rings (SSSR count). The van der Waals surface area contributed by atoms with Gasteiger partial charge in [-0.1, -0.05) is 37.8 Å². The summed E-state index contributed by atoms with van der Waals surface area (Å²) in [4.78, 5) is 15.1. The number of alkyl halides is 2. The van der Waals surface area contributed by atoms with E-state index in [1.54, 1.807) is 18.2 Å². The second-order valence-corrected chi connectivity index (χ2v) is 6.46. The van der Waals surface area contributed by atoms with Crippen LogP contribution in [0.15, 0.2) is 24.3 Å². The predicted octanol–water partition coefficient (Wildman–Crippen LogP) is 4.62. The molecular weight excluding hydrogens is 300 g/mol. The summed E-state index contributed by atoms with van der Waals surface area (Å²) in [7, 11) is 0. The van der Waals surface area contributed by atoms with Crippen molar-refractivity contribution in [3.8, 4) is 5.75 Å². The molecular formula is C18H23F2NO2. The number of hydrogen-bond acceptors (Lipinski definition) is 2. The Hall–Kier alpha value is -1.65. The highest BCUT2D eigenvalue weighted by molar-refractivity contribution is 5.97. The van der Waals surface area contributed by atoms with Crippen molar-refractivity contribution >= 4 is 5.91 Å². The maximum atomic E-state index is 13.1. The van der Waals surface area contributed by atoms with E-state index in [1.165, 1.54) is 6.07 Å². The summed E-state index contributed by atoms with van der Waals surface area (Å²) in [6.07, 6.45) is 8.60. The Morgan fingerprint density at radius 3 is 2.04 bits per heavy atom. The molecule has 2 aliphatic carbocycles. The van der Waals surface area contributed by atoms with Gasteiger partial charge in [0, 0.05) is 12.1 Å². The van der Waals surface area contributed by atoms with E-state index in [4.69, 9.17) is 0 Å². The molecule has 1 aromatic rings. The maximum Gasteiger partial charge on any atom is 0.387 e. The van der Waals surface area contributed by atoms with Crippen molar-refractivity contribution in [3.63, 3.8) is 0 Å². The van der Waals surface area contributed by atoms with Crippen molar-refractivity contribution < 1.29 is 18.3 Å². The van der Waals surface area contributed by atoms with Crippen LogP contribution in [0.2, 0.25) is 0 Å². The van der Waals surface area contributed by atoms with Crippen molar-refractivity contribution in [1.82, 2.24) is 4.90 Å². The van der Waals surface area contributed by atoms with E-state index in [2.05, 4.69) is 4.74 Å². The Labute approximate surface area is 135 Å². The van der Waals surface area contributed by atoms with Gasteiger partial charge in [0.2, 0.25) is 0 Å². The van der Waals surface area contributed by atoms with Gasteiger partial charge in [0.05, 0.1) is 5.56 Å². The van der Waals surface area contributed by atoms with Crippen molar-refractivity contribution in [2.75, 3.05) is 0 Å². The van der Waals surface area contributed by atoms with Gasteiger partial charge in [-0.15, -0.1) is 0 Å². The third-order valence-electron chi connectivity index (χ3n) is 5.00. The molecule has 3 nitrogen and oxygen atoms in total. The summed E-state index contributed by atoms with van der Waals surface area (Å²) < 4.78 is 29.8. The van der Waals surface area contributed by atoms with E-state index in [9.17, 15) is 13.6 Å². The normalized spacial score (nSPS) is 19.4. The van der Waals surface area contributed by atoms with Gasteiger partial charge in [-0.3, -0.25) is 4.79 Å². The molecule has 0 aromatic heterocycles. The lowest BCUT2D eigenvalue weighted by Gasteiger charge is -2.35. The molecule has 0 heterocycles. The molecule has 0 bridgehead atoms. The number of amides is 1. The quantitative estimate of drug-likeness (QED) is 0.791. The average Bonchev–Trinajstić information content (AvgIpc) is 3.21. The molecule has 0 saturated heterocycles. The highest BCUT2D eigenvalue weighted by atomic mass is 19.3. The largest absolute Gasteiger partial charge is 0.434 e. The van der Waals surface area contributed by atoms with Crippen LogP contribution in [0.5, 0.6) is 5.75 Å². The zero-order valence-electron chi connectivity index (χ0n) is 13.2. The number of para-hydroxylation sites is 1. The average molecular weight is 323 g/mol. The number of rotatable bonds is 5. The summed E-state index contributed by atoms with van der Waals surface area (Å²) in [5, 5.41) is 0. The Balaban J connectivity index is 1.88. The second kappa shape index (κ2) is 7.28. The monoisotopic (exact) mass is 323 g/mol. The first-order valence-electron chi connectivity index (χ1n) is 8.53. The molecule has 1 amide bonds.